The topological polar surface area (TPSA) is 64.3 Å². The van der Waals surface area contributed by atoms with Crippen LogP contribution in [0, 0.1) is 0 Å². The van der Waals surface area contributed by atoms with E-state index in [-0.39, 0.29) is 0 Å². The van der Waals surface area contributed by atoms with Crippen LogP contribution in [0.2, 0.25) is 0 Å². The lowest BCUT2D eigenvalue weighted by atomic mass is 10.2. The predicted octanol–water partition coefficient (Wildman–Crippen LogP) is 1.83. The molecule has 0 radical (unpaired) electrons. The number of anilines is 1. The molecule has 1 aliphatic heterocycles. The number of nitrogens with zero attached hydrogens (tertiary/aromatic N) is 4. The highest BCUT2D eigenvalue weighted by atomic mass is 32.2. The first-order valence-electron chi connectivity index (χ1n) is 6.47. The third-order valence-corrected chi connectivity index (χ3v) is 4.01. The molecule has 0 bridgehead atoms. The van der Waals surface area contributed by atoms with Gasteiger partial charge in [0.1, 0.15) is 12.4 Å². The zero-order valence-electron chi connectivity index (χ0n) is 11.3. The number of methoxy groups -OCH3 is 1. The van der Waals surface area contributed by atoms with E-state index in [1.165, 1.54) is 0 Å². The van der Waals surface area contributed by atoms with Gasteiger partial charge in [0, 0.05) is 37.9 Å². The second kappa shape index (κ2) is 6.23. The van der Waals surface area contributed by atoms with Crippen molar-refractivity contribution in [3.05, 3.63) is 24.2 Å². The smallest absolute Gasteiger partial charge is 0.259 e. The van der Waals surface area contributed by atoms with Crippen LogP contribution >= 0.6 is 11.8 Å². The molecule has 7 heteroatoms. The average molecular weight is 292 g/mol. The maximum atomic E-state index is 5.19. The van der Waals surface area contributed by atoms with Crippen molar-refractivity contribution >= 4 is 17.6 Å². The Labute approximate surface area is 121 Å². The van der Waals surface area contributed by atoms with Crippen LogP contribution in [-0.4, -0.2) is 46.8 Å². The second-order valence-corrected chi connectivity index (χ2v) is 5.68. The molecule has 3 rings (SSSR count). The van der Waals surface area contributed by atoms with E-state index in [1.807, 2.05) is 23.9 Å². The van der Waals surface area contributed by atoms with Gasteiger partial charge in [-0.05, 0) is 12.1 Å². The molecule has 0 unspecified atom stereocenters. The van der Waals surface area contributed by atoms with Crippen LogP contribution < -0.4 is 4.90 Å². The van der Waals surface area contributed by atoms with Gasteiger partial charge in [-0.3, -0.25) is 0 Å². The molecule has 0 spiro atoms. The van der Waals surface area contributed by atoms with Crippen LogP contribution in [-0.2, 0) is 11.3 Å². The Balaban J connectivity index is 1.74. The molecular weight excluding hydrogens is 276 g/mol. The Morgan fingerprint density at radius 3 is 2.90 bits per heavy atom. The molecule has 2 aromatic rings. The Bertz CT molecular complexity index is 552. The zero-order valence-corrected chi connectivity index (χ0v) is 12.1. The highest BCUT2D eigenvalue weighted by Gasteiger charge is 2.13. The Morgan fingerprint density at radius 2 is 2.20 bits per heavy atom. The highest BCUT2D eigenvalue weighted by molar-refractivity contribution is 7.99. The fourth-order valence-electron chi connectivity index (χ4n) is 2.05. The van der Waals surface area contributed by atoms with E-state index in [4.69, 9.17) is 9.26 Å². The number of thioether (sulfide) groups is 1. The molecule has 0 amide bonds. The SMILES string of the molecule is COCc1noc(-c2ccc(N3CCSCC3)nc2)n1. The van der Waals surface area contributed by atoms with Gasteiger partial charge >= 0.3 is 0 Å². The summed E-state index contributed by atoms with van der Waals surface area (Å²) < 4.78 is 10.2. The molecule has 0 N–H and O–H groups in total. The van der Waals surface area contributed by atoms with Crippen molar-refractivity contribution in [2.24, 2.45) is 0 Å². The van der Waals surface area contributed by atoms with Gasteiger partial charge in [0.25, 0.3) is 5.89 Å². The molecule has 3 heterocycles. The quantitative estimate of drug-likeness (QED) is 0.851. The van der Waals surface area contributed by atoms with Crippen molar-refractivity contribution in [1.82, 2.24) is 15.1 Å². The molecule has 0 aliphatic carbocycles. The van der Waals surface area contributed by atoms with Gasteiger partial charge < -0.3 is 14.2 Å². The highest BCUT2D eigenvalue weighted by Crippen LogP contribution is 2.21. The lowest BCUT2D eigenvalue weighted by Gasteiger charge is -2.27. The van der Waals surface area contributed by atoms with Gasteiger partial charge in [-0.2, -0.15) is 16.7 Å². The first-order chi connectivity index (χ1) is 9.86. The summed E-state index contributed by atoms with van der Waals surface area (Å²) in [6.07, 6.45) is 1.78. The van der Waals surface area contributed by atoms with Crippen LogP contribution in [0.3, 0.4) is 0 Å². The molecular formula is C13H16N4O2S. The largest absolute Gasteiger partial charge is 0.377 e. The monoisotopic (exact) mass is 292 g/mol. The van der Waals surface area contributed by atoms with E-state index >= 15 is 0 Å². The van der Waals surface area contributed by atoms with Crippen LogP contribution in [0.4, 0.5) is 5.82 Å². The number of hydrogen-bond donors (Lipinski definition) is 0. The van der Waals surface area contributed by atoms with Gasteiger partial charge in [0.2, 0.25) is 0 Å². The van der Waals surface area contributed by atoms with E-state index in [0.717, 1.165) is 36.0 Å². The van der Waals surface area contributed by atoms with E-state index in [1.54, 1.807) is 13.3 Å². The number of aromatic nitrogens is 3. The van der Waals surface area contributed by atoms with Gasteiger partial charge in [-0.25, -0.2) is 4.98 Å². The lowest BCUT2D eigenvalue weighted by molar-refractivity contribution is 0.174. The summed E-state index contributed by atoms with van der Waals surface area (Å²) in [6.45, 7) is 2.45. The summed E-state index contributed by atoms with van der Waals surface area (Å²) in [5.41, 5.74) is 0.829. The molecule has 0 aromatic carbocycles. The molecule has 6 nitrogen and oxygen atoms in total. The van der Waals surface area contributed by atoms with Crippen molar-refractivity contribution in [2.75, 3.05) is 36.6 Å². The molecule has 1 saturated heterocycles. The summed E-state index contributed by atoms with van der Waals surface area (Å²) in [5, 5.41) is 3.84. The lowest BCUT2D eigenvalue weighted by Crippen LogP contribution is -2.32. The van der Waals surface area contributed by atoms with Crippen LogP contribution in [0.15, 0.2) is 22.9 Å². The minimum absolute atomic E-state index is 0.348. The summed E-state index contributed by atoms with van der Waals surface area (Å²) in [5.74, 6) is 4.34. The Kier molecular flexibility index (Phi) is 4.17. The first kappa shape index (κ1) is 13.4. The zero-order chi connectivity index (χ0) is 13.8. The summed E-state index contributed by atoms with van der Waals surface area (Å²) in [4.78, 5) is 11.0. The summed E-state index contributed by atoms with van der Waals surface area (Å²) in [6, 6.07) is 3.97. The van der Waals surface area contributed by atoms with E-state index in [2.05, 4.69) is 20.0 Å². The molecule has 1 aliphatic rings. The number of ether oxygens (including phenoxy) is 1. The normalized spacial score (nSPS) is 15.6. The van der Waals surface area contributed by atoms with E-state index < -0.39 is 0 Å². The average Bonchev–Trinajstić information content (AvgIpc) is 2.97. The minimum Gasteiger partial charge on any atom is -0.377 e. The third-order valence-electron chi connectivity index (χ3n) is 3.07. The Morgan fingerprint density at radius 1 is 1.35 bits per heavy atom. The van der Waals surface area contributed by atoms with E-state index in [9.17, 15) is 0 Å². The maximum absolute atomic E-state index is 5.19. The van der Waals surface area contributed by atoms with Crippen LogP contribution in [0.1, 0.15) is 5.82 Å². The third kappa shape index (κ3) is 2.94. The van der Waals surface area contributed by atoms with Gasteiger partial charge in [-0.1, -0.05) is 5.16 Å². The van der Waals surface area contributed by atoms with Gasteiger partial charge in [0.15, 0.2) is 5.82 Å². The summed E-state index contributed by atoms with van der Waals surface area (Å²) >= 11 is 1.99. The minimum atomic E-state index is 0.348. The van der Waals surface area contributed by atoms with Crippen molar-refractivity contribution in [2.45, 2.75) is 6.61 Å². The van der Waals surface area contributed by atoms with Crippen molar-refractivity contribution in [3.63, 3.8) is 0 Å². The van der Waals surface area contributed by atoms with Gasteiger partial charge in [-0.15, -0.1) is 0 Å². The standard InChI is InChI=1S/C13H16N4O2S/c1-18-9-11-15-13(19-16-11)10-2-3-12(14-8-10)17-4-6-20-7-5-17/h2-3,8H,4-7,9H2,1H3. The molecule has 20 heavy (non-hydrogen) atoms. The molecule has 0 atom stereocenters. The molecule has 0 saturated carbocycles. The fraction of sp³-hybridized carbons (Fsp3) is 0.462. The molecule has 2 aromatic heterocycles. The Hall–Kier alpha value is -1.60. The number of pyridine rings is 1. The second-order valence-electron chi connectivity index (χ2n) is 4.45. The molecule has 1 fully saturated rings. The predicted molar refractivity (Wildman–Crippen MR) is 77.8 cm³/mol. The maximum Gasteiger partial charge on any atom is 0.259 e. The number of rotatable bonds is 4. The fourth-order valence-corrected chi connectivity index (χ4v) is 2.95. The van der Waals surface area contributed by atoms with E-state index in [0.29, 0.717) is 18.3 Å². The van der Waals surface area contributed by atoms with Crippen LogP contribution in [0.5, 0.6) is 0 Å². The van der Waals surface area contributed by atoms with Crippen molar-refractivity contribution in [3.8, 4) is 11.5 Å². The van der Waals surface area contributed by atoms with Crippen molar-refractivity contribution in [1.29, 1.82) is 0 Å². The summed E-state index contributed by atoms with van der Waals surface area (Å²) in [7, 11) is 1.60. The molecule has 106 valence electrons. The van der Waals surface area contributed by atoms with Crippen LogP contribution in [0.25, 0.3) is 11.5 Å². The van der Waals surface area contributed by atoms with Gasteiger partial charge in [0.05, 0.1) is 5.56 Å². The van der Waals surface area contributed by atoms with Crippen molar-refractivity contribution < 1.29 is 9.26 Å². The first-order valence-corrected chi connectivity index (χ1v) is 7.63. The number of hydrogen-bond acceptors (Lipinski definition) is 7.